The molecule has 1 aromatic carbocycles. The molecule has 0 radical (unpaired) electrons. The second kappa shape index (κ2) is 6.90. The maximum Gasteiger partial charge on any atom is 0.123 e. The Kier molecular flexibility index (Phi) is 5.20. The van der Waals surface area contributed by atoms with Gasteiger partial charge in [0.25, 0.3) is 0 Å². The Balaban J connectivity index is 2.06. The third-order valence-corrected chi connectivity index (χ3v) is 4.08. The van der Waals surface area contributed by atoms with Crippen LogP contribution >= 0.6 is 0 Å². The Labute approximate surface area is 116 Å². The fourth-order valence-corrected chi connectivity index (χ4v) is 3.11. The van der Waals surface area contributed by atoms with E-state index in [1.807, 2.05) is 13.1 Å². The number of benzene rings is 1. The fourth-order valence-electron chi connectivity index (χ4n) is 3.11. The first-order valence-corrected chi connectivity index (χ1v) is 7.35. The Bertz CT molecular complexity index is 400. The Hall–Kier alpha value is -1.09. The van der Waals surface area contributed by atoms with E-state index in [-0.39, 0.29) is 5.82 Å². The average molecular weight is 264 g/mol. The molecule has 0 amide bonds. The highest BCUT2D eigenvalue weighted by Gasteiger charge is 2.17. The highest BCUT2D eigenvalue weighted by Crippen LogP contribution is 2.27. The van der Waals surface area contributed by atoms with E-state index in [4.69, 9.17) is 0 Å². The van der Waals surface area contributed by atoms with Gasteiger partial charge >= 0.3 is 0 Å². The molecule has 1 N–H and O–H groups in total. The van der Waals surface area contributed by atoms with Gasteiger partial charge in [-0.1, -0.05) is 19.3 Å². The number of anilines is 1. The molecule has 19 heavy (non-hydrogen) atoms. The summed E-state index contributed by atoms with van der Waals surface area (Å²) in [5.74, 6) is 0.645. The van der Waals surface area contributed by atoms with Gasteiger partial charge in [-0.2, -0.15) is 0 Å². The zero-order valence-corrected chi connectivity index (χ0v) is 12.1. The summed E-state index contributed by atoms with van der Waals surface area (Å²) in [4.78, 5) is 2.29. The van der Waals surface area contributed by atoms with Gasteiger partial charge in [-0.25, -0.2) is 4.39 Å². The van der Waals surface area contributed by atoms with Crippen LogP contribution in [0.15, 0.2) is 18.2 Å². The number of hydrogen-bond donors (Lipinski definition) is 1. The van der Waals surface area contributed by atoms with Gasteiger partial charge < -0.3 is 10.2 Å². The highest BCUT2D eigenvalue weighted by atomic mass is 19.1. The van der Waals surface area contributed by atoms with Crippen molar-refractivity contribution < 1.29 is 4.39 Å². The lowest BCUT2D eigenvalue weighted by molar-refractivity contribution is 0.362. The predicted molar refractivity (Wildman–Crippen MR) is 79.0 cm³/mol. The van der Waals surface area contributed by atoms with Gasteiger partial charge in [-0.3, -0.25) is 0 Å². The van der Waals surface area contributed by atoms with Crippen LogP contribution in [0.25, 0.3) is 0 Å². The summed E-state index contributed by atoms with van der Waals surface area (Å²) in [7, 11) is 4.02. The molecule has 1 saturated carbocycles. The van der Waals surface area contributed by atoms with Crippen LogP contribution in [0.5, 0.6) is 0 Å². The number of halogens is 1. The minimum Gasteiger partial charge on any atom is -0.374 e. The van der Waals surface area contributed by atoms with Crippen LogP contribution in [0.1, 0.15) is 37.7 Å². The fraction of sp³-hybridized carbons (Fsp3) is 0.625. The van der Waals surface area contributed by atoms with Gasteiger partial charge in [0.1, 0.15) is 5.82 Å². The largest absolute Gasteiger partial charge is 0.374 e. The molecule has 1 aromatic rings. The van der Waals surface area contributed by atoms with Gasteiger partial charge in [0.2, 0.25) is 0 Å². The normalized spacial score (nSPS) is 16.6. The van der Waals surface area contributed by atoms with Crippen LogP contribution in [0.2, 0.25) is 0 Å². The molecule has 0 aromatic heterocycles. The summed E-state index contributed by atoms with van der Waals surface area (Å²) in [6, 6.07) is 5.11. The van der Waals surface area contributed by atoms with Gasteiger partial charge in [-0.15, -0.1) is 0 Å². The van der Waals surface area contributed by atoms with Crippen molar-refractivity contribution in [1.82, 2.24) is 5.32 Å². The minimum absolute atomic E-state index is 0.153. The second-order valence-corrected chi connectivity index (χ2v) is 5.69. The first-order chi connectivity index (χ1) is 9.20. The van der Waals surface area contributed by atoms with Crippen molar-refractivity contribution in [3.63, 3.8) is 0 Å². The maximum atomic E-state index is 13.3. The monoisotopic (exact) mass is 264 g/mol. The molecule has 106 valence electrons. The molecule has 0 unspecified atom stereocenters. The summed E-state index contributed by atoms with van der Waals surface area (Å²) >= 11 is 0. The van der Waals surface area contributed by atoms with Gasteiger partial charge in [0.15, 0.2) is 0 Å². The van der Waals surface area contributed by atoms with Crippen molar-refractivity contribution in [1.29, 1.82) is 0 Å². The van der Waals surface area contributed by atoms with Crippen molar-refractivity contribution in [2.75, 3.05) is 25.5 Å². The van der Waals surface area contributed by atoms with Crippen LogP contribution in [0.4, 0.5) is 10.1 Å². The topological polar surface area (TPSA) is 15.3 Å². The smallest absolute Gasteiger partial charge is 0.123 e. The lowest BCUT2D eigenvalue weighted by Gasteiger charge is -2.29. The highest BCUT2D eigenvalue weighted by molar-refractivity contribution is 5.53. The average Bonchev–Trinajstić information content (AvgIpc) is 2.40. The number of nitrogens with zero attached hydrogens (tertiary/aromatic N) is 1. The molecular formula is C16H25FN2. The third kappa shape index (κ3) is 3.93. The molecule has 2 nitrogen and oxygen atoms in total. The molecule has 0 bridgehead atoms. The zero-order chi connectivity index (χ0) is 13.7. The van der Waals surface area contributed by atoms with Crippen molar-refractivity contribution >= 4 is 5.69 Å². The van der Waals surface area contributed by atoms with Crippen LogP contribution < -0.4 is 10.2 Å². The molecule has 0 heterocycles. The number of rotatable bonds is 5. The van der Waals surface area contributed by atoms with E-state index in [1.165, 1.54) is 32.1 Å². The molecule has 3 heteroatoms. The van der Waals surface area contributed by atoms with E-state index in [0.29, 0.717) is 6.54 Å². The van der Waals surface area contributed by atoms with E-state index in [2.05, 4.69) is 17.3 Å². The SMILES string of the molecule is CNCc1cc(F)ccc1N(C)CC1CCCCC1. The quantitative estimate of drug-likeness (QED) is 0.874. The summed E-state index contributed by atoms with van der Waals surface area (Å²) in [5, 5.41) is 3.12. The van der Waals surface area contributed by atoms with Gasteiger partial charge in [0.05, 0.1) is 0 Å². The lowest BCUT2D eigenvalue weighted by atomic mass is 9.89. The summed E-state index contributed by atoms with van der Waals surface area (Å²) < 4.78 is 13.3. The predicted octanol–water partition coefficient (Wildman–Crippen LogP) is 3.56. The van der Waals surface area contributed by atoms with E-state index in [9.17, 15) is 4.39 Å². The Morgan fingerprint density at radius 2 is 2.00 bits per heavy atom. The Morgan fingerprint density at radius 3 is 2.68 bits per heavy atom. The second-order valence-electron chi connectivity index (χ2n) is 5.69. The van der Waals surface area contributed by atoms with Gasteiger partial charge in [0, 0.05) is 25.8 Å². The minimum atomic E-state index is -0.153. The summed E-state index contributed by atoms with van der Waals surface area (Å²) in [6.45, 7) is 1.80. The van der Waals surface area contributed by atoms with Crippen molar-refractivity contribution in [2.45, 2.75) is 38.6 Å². The molecular weight excluding hydrogens is 239 g/mol. The number of hydrogen-bond acceptors (Lipinski definition) is 2. The Morgan fingerprint density at radius 1 is 1.26 bits per heavy atom. The van der Waals surface area contributed by atoms with E-state index < -0.39 is 0 Å². The maximum absolute atomic E-state index is 13.3. The van der Waals surface area contributed by atoms with Crippen LogP contribution in [0.3, 0.4) is 0 Å². The third-order valence-electron chi connectivity index (χ3n) is 4.08. The first-order valence-electron chi connectivity index (χ1n) is 7.35. The van der Waals surface area contributed by atoms with Gasteiger partial charge in [-0.05, 0) is 49.6 Å². The molecule has 0 saturated heterocycles. The molecule has 1 aliphatic carbocycles. The van der Waals surface area contributed by atoms with Crippen molar-refractivity contribution in [3.8, 4) is 0 Å². The zero-order valence-electron chi connectivity index (χ0n) is 12.1. The molecule has 1 aliphatic rings. The van der Waals surface area contributed by atoms with Crippen molar-refractivity contribution in [3.05, 3.63) is 29.6 Å². The van der Waals surface area contributed by atoms with Crippen LogP contribution in [-0.2, 0) is 6.54 Å². The van der Waals surface area contributed by atoms with E-state index >= 15 is 0 Å². The summed E-state index contributed by atoms with van der Waals surface area (Å²) in [6.07, 6.45) is 6.80. The van der Waals surface area contributed by atoms with Crippen LogP contribution in [-0.4, -0.2) is 20.6 Å². The molecule has 0 atom stereocenters. The lowest BCUT2D eigenvalue weighted by Crippen LogP contribution is -2.28. The van der Waals surface area contributed by atoms with Crippen molar-refractivity contribution in [2.24, 2.45) is 5.92 Å². The van der Waals surface area contributed by atoms with E-state index in [1.54, 1.807) is 12.1 Å². The van der Waals surface area contributed by atoms with Crippen LogP contribution in [0, 0.1) is 11.7 Å². The molecule has 1 fully saturated rings. The molecule has 2 rings (SSSR count). The van der Waals surface area contributed by atoms with E-state index in [0.717, 1.165) is 23.7 Å². The number of nitrogens with one attached hydrogen (secondary N) is 1. The molecule has 0 spiro atoms. The summed E-state index contributed by atoms with van der Waals surface area (Å²) in [5.41, 5.74) is 2.20. The first kappa shape index (κ1) is 14.3. The molecule has 0 aliphatic heterocycles. The standard InChI is InChI=1S/C16H25FN2/c1-18-11-14-10-15(17)8-9-16(14)19(2)12-13-6-4-3-5-7-13/h8-10,13,18H,3-7,11-12H2,1-2H3.